The number of anilines is 1. The lowest BCUT2D eigenvalue weighted by Gasteiger charge is -2.42. The number of nitrogens with zero attached hydrogens (tertiary/aromatic N) is 3. The van der Waals surface area contributed by atoms with Gasteiger partial charge < -0.3 is 10.0 Å². The van der Waals surface area contributed by atoms with Crippen LogP contribution in [0.2, 0.25) is 0 Å². The van der Waals surface area contributed by atoms with E-state index in [0.29, 0.717) is 11.8 Å². The molecule has 3 rings (SSSR count). The molecular weight excluding hydrogens is 290 g/mol. The van der Waals surface area contributed by atoms with E-state index in [1.165, 1.54) is 0 Å². The molecule has 2 aliphatic rings. The molecule has 16 heavy (non-hydrogen) atoms. The van der Waals surface area contributed by atoms with E-state index in [4.69, 9.17) is 0 Å². The van der Waals surface area contributed by atoms with Gasteiger partial charge in [0.25, 0.3) is 0 Å². The van der Waals surface area contributed by atoms with Crippen molar-refractivity contribution in [3.63, 3.8) is 0 Å². The summed E-state index contributed by atoms with van der Waals surface area (Å²) < 4.78 is 0.826. The smallest absolute Gasteiger partial charge is 0.209 e. The van der Waals surface area contributed by atoms with Gasteiger partial charge in [-0.15, -0.1) is 10.2 Å². The SMILES string of the molecule is CC1(O)[C@@H]2CC[C@H]1CN(c1nnc(Br)s1)C2. The summed E-state index contributed by atoms with van der Waals surface area (Å²) in [5.41, 5.74) is -0.474. The average Bonchev–Trinajstić information content (AvgIpc) is 2.65. The molecule has 0 spiro atoms. The minimum atomic E-state index is -0.474. The fourth-order valence-electron chi connectivity index (χ4n) is 2.96. The summed E-state index contributed by atoms with van der Waals surface area (Å²) in [4.78, 5) is 2.27. The number of hydrogen-bond acceptors (Lipinski definition) is 5. The third kappa shape index (κ3) is 1.58. The minimum Gasteiger partial charge on any atom is -0.389 e. The zero-order valence-corrected chi connectivity index (χ0v) is 11.5. The maximum Gasteiger partial charge on any atom is 0.209 e. The Hall–Kier alpha value is -0.200. The van der Waals surface area contributed by atoms with Crippen molar-refractivity contribution in [2.24, 2.45) is 11.8 Å². The summed E-state index contributed by atoms with van der Waals surface area (Å²) in [5, 5.41) is 19.5. The molecule has 1 saturated carbocycles. The van der Waals surface area contributed by atoms with Gasteiger partial charge in [-0.3, -0.25) is 0 Å². The van der Waals surface area contributed by atoms with Gasteiger partial charge in [0, 0.05) is 24.9 Å². The van der Waals surface area contributed by atoms with Crippen molar-refractivity contribution >= 4 is 32.4 Å². The number of rotatable bonds is 1. The molecule has 2 heterocycles. The first-order chi connectivity index (χ1) is 7.57. The maximum atomic E-state index is 10.4. The van der Waals surface area contributed by atoms with Crippen molar-refractivity contribution in [1.29, 1.82) is 0 Å². The second-order valence-electron chi connectivity index (χ2n) is 4.94. The Labute approximate surface area is 107 Å². The molecule has 4 nitrogen and oxygen atoms in total. The summed E-state index contributed by atoms with van der Waals surface area (Å²) in [6, 6.07) is 0. The van der Waals surface area contributed by atoms with Gasteiger partial charge in [0.2, 0.25) is 5.13 Å². The molecule has 2 fully saturated rings. The topological polar surface area (TPSA) is 49.2 Å². The van der Waals surface area contributed by atoms with Gasteiger partial charge in [-0.1, -0.05) is 11.3 Å². The van der Waals surface area contributed by atoms with E-state index in [1.54, 1.807) is 11.3 Å². The quantitative estimate of drug-likeness (QED) is 0.861. The van der Waals surface area contributed by atoms with E-state index in [-0.39, 0.29) is 0 Å². The van der Waals surface area contributed by atoms with Crippen molar-refractivity contribution in [3.8, 4) is 0 Å². The summed E-state index contributed by atoms with van der Waals surface area (Å²) in [6.07, 6.45) is 2.27. The minimum absolute atomic E-state index is 0.383. The lowest BCUT2D eigenvalue weighted by atomic mass is 9.82. The summed E-state index contributed by atoms with van der Waals surface area (Å²) in [5.74, 6) is 0.767. The van der Waals surface area contributed by atoms with E-state index in [0.717, 1.165) is 35.0 Å². The first kappa shape index (κ1) is 10.9. The van der Waals surface area contributed by atoms with Gasteiger partial charge in [0.05, 0.1) is 5.60 Å². The first-order valence-corrected chi connectivity index (χ1v) is 7.14. The fourth-order valence-corrected chi connectivity index (χ4v) is 4.07. The lowest BCUT2D eigenvalue weighted by molar-refractivity contribution is -0.0272. The Bertz CT molecular complexity index is 393. The molecule has 6 heteroatoms. The van der Waals surface area contributed by atoms with Crippen LogP contribution in [-0.2, 0) is 0 Å². The predicted octanol–water partition coefficient (Wildman–Crippen LogP) is 1.90. The first-order valence-electron chi connectivity index (χ1n) is 5.53. The second-order valence-corrected chi connectivity index (χ2v) is 7.17. The molecule has 1 aliphatic heterocycles. The molecule has 0 radical (unpaired) electrons. The van der Waals surface area contributed by atoms with E-state index < -0.39 is 5.60 Å². The van der Waals surface area contributed by atoms with E-state index >= 15 is 0 Å². The maximum absolute atomic E-state index is 10.4. The van der Waals surface area contributed by atoms with Gasteiger partial charge in [0.1, 0.15) is 0 Å². The molecule has 1 aliphatic carbocycles. The molecule has 0 aromatic carbocycles. The molecule has 1 N–H and O–H groups in total. The summed E-state index contributed by atoms with van der Waals surface area (Å²) >= 11 is 4.90. The van der Waals surface area contributed by atoms with E-state index in [2.05, 4.69) is 31.0 Å². The monoisotopic (exact) mass is 303 g/mol. The van der Waals surface area contributed by atoms with Crippen LogP contribution in [0.3, 0.4) is 0 Å². The van der Waals surface area contributed by atoms with Crippen LogP contribution >= 0.6 is 27.3 Å². The number of hydrogen-bond donors (Lipinski definition) is 1. The van der Waals surface area contributed by atoms with E-state index in [1.807, 2.05) is 6.92 Å². The van der Waals surface area contributed by atoms with Crippen molar-refractivity contribution in [2.45, 2.75) is 25.4 Å². The zero-order chi connectivity index (χ0) is 11.3. The molecule has 88 valence electrons. The predicted molar refractivity (Wildman–Crippen MR) is 66.7 cm³/mol. The number of aromatic nitrogens is 2. The van der Waals surface area contributed by atoms with Crippen molar-refractivity contribution in [1.82, 2.24) is 10.2 Å². The van der Waals surface area contributed by atoms with Crippen LogP contribution in [0.1, 0.15) is 19.8 Å². The van der Waals surface area contributed by atoms with Crippen LogP contribution in [0.5, 0.6) is 0 Å². The standard InChI is InChI=1S/C10H14BrN3OS/c1-10(15)6-2-3-7(10)5-14(4-6)9-13-12-8(11)16-9/h6-7,15H,2-5H2,1H3/t6-,7+,10?. The molecule has 2 bridgehead atoms. The summed E-state index contributed by atoms with van der Waals surface area (Å²) in [7, 11) is 0. The Kier molecular flexibility index (Phi) is 2.49. The zero-order valence-electron chi connectivity index (χ0n) is 9.06. The molecule has 1 aromatic rings. The molecule has 1 aromatic heterocycles. The highest BCUT2D eigenvalue weighted by Gasteiger charge is 2.50. The van der Waals surface area contributed by atoms with Crippen molar-refractivity contribution in [3.05, 3.63) is 3.92 Å². The Morgan fingerprint density at radius 3 is 2.50 bits per heavy atom. The van der Waals surface area contributed by atoms with Gasteiger partial charge in [-0.05, 0) is 35.7 Å². The van der Waals surface area contributed by atoms with Gasteiger partial charge >= 0.3 is 0 Å². The van der Waals surface area contributed by atoms with Crippen LogP contribution in [0.15, 0.2) is 3.92 Å². The van der Waals surface area contributed by atoms with Gasteiger partial charge in [-0.2, -0.15) is 0 Å². The molecular formula is C10H14BrN3OS. The van der Waals surface area contributed by atoms with Crippen molar-refractivity contribution in [2.75, 3.05) is 18.0 Å². The van der Waals surface area contributed by atoms with Crippen LogP contribution in [0, 0.1) is 11.8 Å². The number of aliphatic hydroxyl groups is 1. The third-order valence-electron chi connectivity index (χ3n) is 4.06. The third-order valence-corrected chi connectivity index (χ3v) is 5.48. The number of piperidine rings is 1. The van der Waals surface area contributed by atoms with Crippen LogP contribution in [-0.4, -0.2) is 34.0 Å². The Morgan fingerprint density at radius 1 is 1.38 bits per heavy atom. The van der Waals surface area contributed by atoms with Gasteiger partial charge in [-0.25, -0.2) is 0 Å². The molecule has 3 atom stereocenters. The molecule has 1 unspecified atom stereocenters. The van der Waals surface area contributed by atoms with Gasteiger partial charge in [0.15, 0.2) is 3.92 Å². The Morgan fingerprint density at radius 2 is 2.00 bits per heavy atom. The van der Waals surface area contributed by atoms with Crippen LogP contribution in [0.25, 0.3) is 0 Å². The van der Waals surface area contributed by atoms with Crippen molar-refractivity contribution < 1.29 is 5.11 Å². The summed E-state index contributed by atoms with van der Waals surface area (Å²) in [6.45, 7) is 3.80. The molecule has 1 saturated heterocycles. The highest BCUT2D eigenvalue weighted by Crippen LogP contribution is 2.46. The lowest BCUT2D eigenvalue weighted by Crippen LogP contribution is -2.52. The number of fused-ring (bicyclic) bond motifs is 2. The van der Waals surface area contributed by atoms with Crippen LogP contribution in [0.4, 0.5) is 5.13 Å². The fraction of sp³-hybridized carbons (Fsp3) is 0.800. The highest BCUT2D eigenvalue weighted by molar-refractivity contribution is 9.11. The highest BCUT2D eigenvalue weighted by atomic mass is 79.9. The Balaban J connectivity index is 1.83. The largest absolute Gasteiger partial charge is 0.389 e. The van der Waals surface area contributed by atoms with Crippen LogP contribution < -0.4 is 4.90 Å². The second kappa shape index (κ2) is 3.65. The normalized spacial score (nSPS) is 38.1. The van der Waals surface area contributed by atoms with E-state index in [9.17, 15) is 5.11 Å². The molecule has 0 amide bonds. The number of halogens is 1. The average molecular weight is 304 g/mol.